The summed E-state index contributed by atoms with van der Waals surface area (Å²) < 4.78 is 12.1. The minimum atomic E-state index is -0.290. The summed E-state index contributed by atoms with van der Waals surface area (Å²) in [5, 5.41) is 22.8. The number of hydrogen-bond acceptors (Lipinski definition) is 7. The monoisotopic (exact) mass is 390 g/mol. The van der Waals surface area contributed by atoms with Crippen LogP contribution in [0.15, 0.2) is 48.5 Å². The number of hydrogen-bond donors (Lipinski definition) is 1. The molecule has 0 aliphatic heterocycles. The molecule has 0 atom stereocenters. The van der Waals surface area contributed by atoms with E-state index >= 15 is 0 Å². The zero-order chi connectivity index (χ0) is 20.6. The maximum absolute atomic E-state index is 12.3. The second-order valence-electron chi connectivity index (χ2n) is 5.89. The molecule has 0 aliphatic carbocycles. The van der Waals surface area contributed by atoms with Gasteiger partial charge in [-0.25, -0.2) is 4.68 Å². The molecule has 1 aromatic heterocycles. The SMILES string of the molecule is COc1cc(/C=C/C(=O)Nc2cccc(-c3nnnn3C)c2)ccc1OCC#N. The number of tetrazole rings is 1. The van der Waals surface area contributed by atoms with Crippen LogP contribution in [0.25, 0.3) is 17.5 Å². The highest BCUT2D eigenvalue weighted by Gasteiger charge is 2.08. The lowest BCUT2D eigenvalue weighted by Crippen LogP contribution is -2.07. The topological polar surface area (TPSA) is 115 Å². The summed E-state index contributed by atoms with van der Waals surface area (Å²) in [6, 6.07) is 14.3. The number of ether oxygens (including phenoxy) is 2. The highest BCUT2D eigenvalue weighted by atomic mass is 16.5. The van der Waals surface area contributed by atoms with Crippen LogP contribution in [0.1, 0.15) is 5.56 Å². The molecular formula is C20H18N6O3. The molecule has 1 heterocycles. The number of nitriles is 1. The van der Waals surface area contributed by atoms with Crippen LogP contribution < -0.4 is 14.8 Å². The van der Waals surface area contributed by atoms with Crippen LogP contribution in [0.2, 0.25) is 0 Å². The molecule has 9 nitrogen and oxygen atoms in total. The lowest BCUT2D eigenvalue weighted by Gasteiger charge is -2.09. The number of aryl methyl sites for hydroxylation is 1. The van der Waals surface area contributed by atoms with Gasteiger partial charge in [0, 0.05) is 24.4 Å². The van der Waals surface area contributed by atoms with Crippen molar-refractivity contribution in [3.63, 3.8) is 0 Å². The Morgan fingerprint density at radius 3 is 2.86 bits per heavy atom. The van der Waals surface area contributed by atoms with Gasteiger partial charge < -0.3 is 14.8 Å². The van der Waals surface area contributed by atoms with Crippen molar-refractivity contribution in [3.8, 4) is 29.0 Å². The number of aromatic nitrogens is 4. The summed E-state index contributed by atoms with van der Waals surface area (Å²) in [7, 11) is 3.25. The standard InChI is InChI=1S/C20H18N6O3/c1-26-20(23-24-25-26)15-4-3-5-16(13-15)22-19(27)9-7-14-6-8-17(29-11-10-21)18(12-14)28-2/h3-9,12-13H,11H2,1-2H3,(H,22,27)/b9-7+. The van der Waals surface area contributed by atoms with Crippen molar-refractivity contribution in [2.75, 3.05) is 19.0 Å². The van der Waals surface area contributed by atoms with Gasteiger partial charge in [-0.05, 0) is 46.3 Å². The molecule has 3 rings (SSSR count). The van der Waals surface area contributed by atoms with Crippen LogP contribution in [0.3, 0.4) is 0 Å². The van der Waals surface area contributed by atoms with Crippen LogP contribution >= 0.6 is 0 Å². The van der Waals surface area contributed by atoms with Crippen molar-refractivity contribution in [1.82, 2.24) is 20.2 Å². The Bertz CT molecular complexity index is 1080. The van der Waals surface area contributed by atoms with Gasteiger partial charge in [-0.15, -0.1) is 5.10 Å². The van der Waals surface area contributed by atoms with Crippen LogP contribution in [0.4, 0.5) is 5.69 Å². The third-order valence-corrected chi connectivity index (χ3v) is 3.92. The number of nitrogens with zero attached hydrogens (tertiary/aromatic N) is 5. The largest absolute Gasteiger partial charge is 0.493 e. The number of nitrogens with one attached hydrogen (secondary N) is 1. The van der Waals surface area contributed by atoms with Gasteiger partial charge in [0.15, 0.2) is 23.9 Å². The Balaban J connectivity index is 1.69. The lowest BCUT2D eigenvalue weighted by atomic mass is 10.1. The van der Waals surface area contributed by atoms with E-state index in [-0.39, 0.29) is 12.5 Å². The molecule has 146 valence electrons. The van der Waals surface area contributed by atoms with Gasteiger partial charge in [-0.3, -0.25) is 4.79 Å². The Labute approximate surface area is 167 Å². The Hall–Kier alpha value is -4.19. The number of carbonyl (C=O) groups is 1. The minimum absolute atomic E-state index is 0.0720. The van der Waals surface area contributed by atoms with Gasteiger partial charge in [0.1, 0.15) is 6.07 Å². The van der Waals surface area contributed by atoms with E-state index in [9.17, 15) is 4.79 Å². The highest BCUT2D eigenvalue weighted by molar-refractivity contribution is 6.02. The first-order valence-corrected chi connectivity index (χ1v) is 8.60. The van der Waals surface area contributed by atoms with Crippen molar-refractivity contribution in [3.05, 3.63) is 54.1 Å². The van der Waals surface area contributed by atoms with E-state index in [1.165, 1.54) is 13.2 Å². The molecule has 0 saturated carbocycles. The van der Waals surface area contributed by atoms with Gasteiger partial charge in [0.2, 0.25) is 5.91 Å². The fourth-order valence-electron chi connectivity index (χ4n) is 2.58. The smallest absolute Gasteiger partial charge is 0.248 e. The first-order chi connectivity index (χ1) is 14.1. The molecule has 0 spiro atoms. The first-order valence-electron chi connectivity index (χ1n) is 8.60. The number of carbonyl (C=O) groups excluding carboxylic acids is 1. The van der Waals surface area contributed by atoms with E-state index in [1.54, 1.807) is 48.1 Å². The Morgan fingerprint density at radius 2 is 2.14 bits per heavy atom. The summed E-state index contributed by atoms with van der Waals surface area (Å²) in [5.41, 5.74) is 2.16. The lowest BCUT2D eigenvalue weighted by molar-refractivity contribution is -0.111. The number of benzene rings is 2. The quantitative estimate of drug-likeness (QED) is 0.616. The summed E-state index contributed by atoms with van der Waals surface area (Å²) in [6.07, 6.45) is 3.07. The summed E-state index contributed by atoms with van der Waals surface area (Å²) in [6.45, 7) is -0.0720. The average Bonchev–Trinajstić information content (AvgIpc) is 3.17. The number of amides is 1. The Morgan fingerprint density at radius 1 is 1.28 bits per heavy atom. The minimum Gasteiger partial charge on any atom is -0.493 e. The summed E-state index contributed by atoms with van der Waals surface area (Å²) in [5.74, 6) is 1.25. The van der Waals surface area contributed by atoms with Gasteiger partial charge in [-0.2, -0.15) is 5.26 Å². The van der Waals surface area contributed by atoms with Crippen LogP contribution in [-0.4, -0.2) is 39.8 Å². The normalized spacial score (nSPS) is 10.5. The molecule has 0 fully saturated rings. The van der Waals surface area contributed by atoms with E-state index < -0.39 is 0 Å². The second-order valence-corrected chi connectivity index (χ2v) is 5.89. The fourth-order valence-corrected chi connectivity index (χ4v) is 2.58. The maximum atomic E-state index is 12.3. The van der Waals surface area contributed by atoms with E-state index in [1.807, 2.05) is 18.2 Å². The van der Waals surface area contributed by atoms with E-state index in [2.05, 4.69) is 20.8 Å². The molecule has 29 heavy (non-hydrogen) atoms. The molecular weight excluding hydrogens is 372 g/mol. The van der Waals surface area contributed by atoms with Crippen LogP contribution in [-0.2, 0) is 11.8 Å². The predicted molar refractivity (Wildman–Crippen MR) is 106 cm³/mol. The molecule has 3 aromatic rings. The summed E-state index contributed by atoms with van der Waals surface area (Å²) >= 11 is 0. The number of anilines is 1. The van der Waals surface area contributed by atoms with E-state index in [0.717, 1.165) is 11.1 Å². The van der Waals surface area contributed by atoms with Crippen LogP contribution in [0, 0.1) is 11.3 Å². The summed E-state index contributed by atoms with van der Waals surface area (Å²) in [4.78, 5) is 12.3. The molecule has 0 aliphatic rings. The molecule has 2 aromatic carbocycles. The second kappa shape index (κ2) is 9.14. The van der Waals surface area contributed by atoms with Crippen LogP contribution in [0.5, 0.6) is 11.5 Å². The third kappa shape index (κ3) is 4.95. The van der Waals surface area contributed by atoms with Crippen molar-refractivity contribution in [1.29, 1.82) is 5.26 Å². The van der Waals surface area contributed by atoms with Gasteiger partial charge in [0.05, 0.1) is 7.11 Å². The highest BCUT2D eigenvalue weighted by Crippen LogP contribution is 2.28. The zero-order valence-corrected chi connectivity index (χ0v) is 15.9. The van der Waals surface area contributed by atoms with Gasteiger partial charge in [-0.1, -0.05) is 18.2 Å². The van der Waals surface area contributed by atoms with Gasteiger partial charge in [0.25, 0.3) is 0 Å². The van der Waals surface area contributed by atoms with Crippen molar-refractivity contribution >= 4 is 17.7 Å². The molecule has 0 bridgehead atoms. The first kappa shape index (κ1) is 19.6. The fraction of sp³-hybridized carbons (Fsp3) is 0.150. The molecule has 0 saturated heterocycles. The predicted octanol–water partition coefficient (Wildman–Crippen LogP) is 2.44. The van der Waals surface area contributed by atoms with Gasteiger partial charge >= 0.3 is 0 Å². The van der Waals surface area contributed by atoms with Crippen molar-refractivity contribution < 1.29 is 14.3 Å². The van der Waals surface area contributed by atoms with E-state index in [0.29, 0.717) is 23.0 Å². The van der Waals surface area contributed by atoms with Crippen molar-refractivity contribution in [2.45, 2.75) is 0 Å². The average molecular weight is 390 g/mol. The van der Waals surface area contributed by atoms with E-state index in [4.69, 9.17) is 14.7 Å². The number of methoxy groups -OCH3 is 1. The number of rotatable bonds is 7. The Kier molecular flexibility index (Phi) is 6.17. The third-order valence-electron chi connectivity index (χ3n) is 3.92. The molecule has 1 N–H and O–H groups in total. The maximum Gasteiger partial charge on any atom is 0.248 e. The molecule has 0 radical (unpaired) electrons. The van der Waals surface area contributed by atoms with Crippen molar-refractivity contribution in [2.24, 2.45) is 7.05 Å². The zero-order valence-electron chi connectivity index (χ0n) is 15.9. The molecule has 1 amide bonds. The molecule has 9 heteroatoms. The molecule has 0 unspecified atom stereocenters.